The van der Waals surface area contributed by atoms with Crippen molar-refractivity contribution in [2.75, 3.05) is 13.2 Å². The summed E-state index contributed by atoms with van der Waals surface area (Å²) in [5.41, 5.74) is -1.53. The zero-order valence-electron chi connectivity index (χ0n) is 10.0. The first-order chi connectivity index (χ1) is 8.86. The van der Waals surface area contributed by atoms with E-state index in [-0.39, 0.29) is 24.4 Å². The molecule has 0 saturated carbocycles. The minimum atomic E-state index is -4.57. The van der Waals surface area contributed by atoms with Gasteiger partial charge in [0.1, 0.15) is 5.69 Å². The number of aromatic amines is 1. The zero-order chi connectivity index (χ0) is 14.2. The van der Waals surface area contributed by atoms with Crippen LogP contribution >= 0.6 is 0 Å². The van der Waals surface area contributed by atoms with E-state index in [0.29, 0.717) is 0 Å². The van der Waals surface area contributed by atoms with Crippen LogP contribution in [0.3, 0.4) is 0 Å². The van der Waals surface area contributed by atoms with Crippen molar-refractivity contribution in [3.63, 3.8) is 0 Å². The number of rotatable bonds is 2. The van der Waals surface area contributed by atoms with E-state index in [1.54, 1.807) is 12.2 Å². The molecule has 0 fully saturated rings. The predicted octanol–water partition coefficient (Wildman–Crippen LogP) is 1.11. The van der Waals surface area contributed by atoms with E-state index >= 15 is 0 Å². The number of aromatic nitrogens is 2. The molecule has 5 nitrogen and oxygen atoms in total. The van der Waals surface area contributed by atoms with Gasteiger partial charge in [0.05, 0.1) is 12.6 Å². The highest BCUT2D eigenvalue weighted by Gasteiger charge is 2.38. The number of amides is 1. The summed E-state index contributed by atoms with van der Waals surface area (Å²) in [7, 11) is 0. The first kappa shape index (κ1) is 13.6. The van der Waals surface area contributed by atoms with Crippen LogP contribution in [0.2, 0.25) is 0 Å². The van der Waals surface area contributed by atoms with Gasteiger partial charge in [-0.3, -0.25) is 9.89 Å². The Balaban J connectivity index is 2.28. The molecule has 1 aliphatic heterocycles. The van der Waals surface area contributed by atoms with E-state index < -0.39 is 23.8 Å². The van der Waals surface area contributed by atoms with Crippen molar-refractivity contribution in [1.82, 2.24) is 15.1 Å². The minimum absolute atomic E-state index is 0.235. The first-order valence-electron chi connectivity index (χ1n) is 5.57. The number of nitrogens with zero attached hydrogens (tertiary/aromatic N) is 2. The molecule has 8 heteroatoms. The summed E-state index contributed by atoms with van der Waals surface area (Å²) >= 11 is 0. The molecule has 1 aromatic rings. The molecule has 0 aromatic carbocycles. The van der Waals surface area contributed by atoms with Crippen LogP contribution in [0.5, 0.6) is 0 Å². The molecule has 2 rings (SSSR count). The molecule has 19 heavy (non-hydrogen) atoms. The molecule has 1 aliphatic rings. The maximum atomic E-state index is 12.6. The standard InChI is InChI=1S/C11H12F3N3O2/c1-6-8(15-16-9(6)11(12,13)14)10(19)17-4-2-3-7(17)5-18/h2-3,7,18H,4-5H2,1H3,(H,15,16). The average Bonchev–Trinajstić information content (AvgIpc) is 2.92. The Bertz CT molecular complexity index is 522. The number of hydrogen-bond acceptors (Lipinski definition) is 3. The highest BCUT2D eigenvalue weighted by Crippen LogP contribution is 2.31. The van der Waals surface area contributed by atoms with Gasteiger partial charge < -0.3 is 10.0 Å². The van der Waals surface area contributed by atoms with Crippen molar-refractivity contribution in [3.05, 3.63) is 29.1 Å². The van der Waals surface area contributed by atoms with Crippen molar-refractivity contribution in [1.29, 1.82) is 0 Å². The number of aliphatic hydroxyl groups is 1. The second-order valence-corrected chi connectivity index (χ2v) is 4.21. The predicted molar refractivity (Wildman–Crippen MR) is 59.4 cm³/mol. The lowest BCUT2D eigenvalue weighted by molar-refractivity contribution is -0.141. The molecule has 1 amide bonds. The number of carbonyl (C=O) groups excluding carboxylic acids is 1. The first-order valence-corrected chi connectivity index (χ1v) is 5.57. The summed E-state index contributed by atoms with van der Waals surface area (Å²) in [5.74, 6) is -0.631. The number of H-pyrrole nitrogens is 1. The number of nitrogens with one attached hydrogen (secondary N) is 1. The molecular formula is C11H12F3N3O2. The van der Waals surface area contributed by atoms with Gasteiger partial charge in [-0.2, -0.15) is 18.3 Å². The fraction of sp³-hybridized carbons (Fsp3) is 0.455. The zero-order valence-corrected chi connectivity index (χ0v) is 10.0. The minimum Gasteiger partial charge on any atom is -0.394 e. The topological polar surface area (TPSA) is 69.2 Å². The lowest BCUT2D eigenvalue weighted by atomic mass is 10.1. The maximum Gasteiger partial charge on any atom is 0.433 e. The molecule has 1 aromatic heterocycles. The monoisotopic (exact) mass is 275 g/mol. The summed E-state index contributed by atoms with van der Waals surface area (Å²) in [6.07, 6.45) is -1.27. The Labute approximate surface area is 106 Å². The number of carbonyl (C=O) groups is 1. The van der Waals surface area contributed by atoms with Gasteiger partial charge >= 0.3 is 6.18 Å². The molecule has 0 saturated heterocycles. The molecule has 0 radical (unpaired) electrons. The smallest absolute Gasteiger partial charge is 0.394 e. The average molecular weight is 275 g/mol. The lowest BCUT2D eigenvalue weighted by Crippen LogP contribution is -2.38. The number of aliphatic hydroxyl groups excluding tert-OH is 1. The van der Waals surface area contributed by atoms with Crippen LogP contribution < -0.4 is 0 Å². The molecule has 1 unspecified atom stereocenters. The van der Waals surface area contributed by atoms with Gasteiger partial charge in [0, 0.05) is 12.1 Å². The van der Waals surface area contributed by atoms with Crippen LogP contribution in [0.1, 0.15) is 21.7 Å². The fourth-order valence-electron chi connectivity index (χ4n) is 1.98. The molecule has 0 spiro atoms. The Morgan fingerprint density at radius 3 is 2.84 bits per heavy atom. The van der Waals surface area contributed by atoms with Crippen molar-refractivity contribution in [2.45, 2.75) is 19.1 Å². The third-order valence-corrected chi connectivity index (χ3v) is 3.00. The normalized spacial score (nSPS) is 19.2. The number of halogens is 3. The van der Waals surface area contributed by atoms with E-state index in [0.717, 1.165) is 0 Å². The van der Waals surface area contributed by atoms with Crippen molar-refractivity contribution in [2.24, 2.45) is 0 Å². The summed E-state index contributed by atoms with van der Waals surface area (Å²) in [4.78, 5) is 13.4. The van der Waals surface area contributed by atoms with Crippen LogP contribution in [-0.2, 0) is 6.18 Å². The van der Waals surface area contributed by atoms with Gasteiger partial charge in [0.2, 0.25) is 0 Å². The molecule has 2 heterocycles. The van der Waals surface area contributed by atoms with E-state index in [1.165, 1.54) is 11.8 Å². The second kappa shape index (κ2) is 4.69. The van der Waals surface area contributed by atoms with Crippen LogP contribution in [0.4, 0.5) is 13.2 Å². The van der Waals surface area contributed by atoms with Crippen LogP contribution in [-0.4, -0.2) is 45.3 Å². The van der Waals surface area contributed by atoms with E-state index in [2.05, 4.69) is 5.10 Å². The van der Waals surface area contributed by atoms with Gasteiger partial charge in [-0.1, -0.05) is 12.2 Å². The molecule has 2 N–H and O–H groups in total. The van der Waals surface area contributed by atoms with Gasteiger partial charge in [-0.05, 0) is 6.92 Å². The Kier molecular flexibility index (Phi) is 3.36. The largest absolute Gasteiger partial charge is 0.433 e. The van der Waals surface area contributed by atoms with E-state index in [9.17, 15) is 18.0 Å². The second-order valence-electron chi connectivity index (χ2n) is 4.21. The van der Waals surface area contributed by atoms with Crippen LogP contribution in [0.15, 0.2) is 12.2 Å². The fourth-order valence-corrected chi connectivity index (χ4v) is 1.98. The van der Waals surface area contributed by atoms with Gasteiger partial charge in [0.15, 0.2) is 5.69 Å². The summed E-state index contributed by atoms with van der Waals surface area (Å²) < 4.78 is 37.8. The molecule has 104 valence electrons. The van der Waals surface area contributed by atoms with Crippen LogP contribution in [0, 0.1) is 6.92 Å². The SMILES string of the molecule is Cc1c(C(=O)N2CC=CC2CO)n[nH]c1C(F)(F)F. The molecular weight excluding hydrogens is 263 g/mol. The Morgan fingerprint density at radius 2 is 2.32 bits per heavy atom. The number of alkyl halides is 3. The molecule has 0 bridgehead atoms. The Morgan fingerprint density at radius 1 is 1.63 bits per heavy atom. The van der Waals surface area contributed by atoms with Crippen molar-refractivity contribution < 1.29 is 23.1 Å². The summed E-state index contributed by atoms with van der Waals surface area (Å²) in [5, 5.41) is 14.4. The number of hydrogen-bond donors (Lipinski definition) is 2. The third-order valence-electron chi connectivity index (χ3n) is 3.00. The lowest BCUT2D eigenvalue weighted by Gasteiger charge is -2.22. The summed E-state index contributed by atoms with van der Waals surface area (Å²) in [6, 6.07) is -0.516. The van der Waals surface area contributed by atoms with Gasteiger partial charge in [0.25, 0.3) is 5.91 Å². The van der Waals surface area contributed by atoms with E-state index in [1.807, 2.05) is 5.10 Å². The third kappa shape index (κ3) is 2.35. The van der Waals surface area contributed by atoms with Crippen LogP contribution in [0.25, 0.3) is 0 Å². The highest BCUT2D eigenvalue weighted by atomic mass is 19.4. The summed E-state index contributed by atoms with van der Waals surface area (Å²) in [6.45, 7) is 1.16. The Hall–Kier alpha value is -1.83. The van der Waals surface area contributed by atoms with Crippen molar-refractivity contribution >= 4 is 5.91 Å². The molecule has 0 aliphatic carbocycles. The highest BCUT2D eigenvalue weighted by molar-refractivity contribution is 5.94. The van der Waals surface area contributed by atoms with E-state index in [4.69, 9.17) is 5.11 Å². The maximum absolute atomic E-state index is 12.6. The van der Waals surface area contributed by atoms with Crippen molar-refractivity contribution in [3.8, 4) is 0 Å². The van der Waals surface area contributed by atoms with Gasteiger partial charge in [-0.25, -0.2) is 0 Å². The van der Waals surface area contributed by atoms with Gasteiger partial charge in [-0.15, -0.1) is 0 Å². The quantitative estimate of drug-likeness (QED) is 0.794. The molecule has 1 atom stereocenters.